The van der Waals surface area contributed by atoms with Crippen LogP contribution in [0, 0.1) is 6.92 Å². The summed E-state index contributed by atoms with van der Waals surface area (Å²) in [4.78, 5) is 13.3. The maximum Gasteiger partial charge on any atom is 0.251 e. The number of aryl methyl sites for hydroxylation is 2. The lowest BCUT2D eigenvalue weighted by Crippen LogP contribution is -2.38. The number of para-hydroxylation sites is 1. The SMILES string of the molecule is CCc1cccc(C)c1NC(=O)CN(CCO)CC(F)F. The van der Waals surface area contributed by atoms with Gasteiger partial charge in [-0.25, -0.2) is 8.78 Å². The van der Waals surface area contributed by atoms with Crippen molar-refractivity contribution in [3.63, 3.8) is 0 Å². The topological polar surface area (TPSA) is 52.6 Å². The fourth-order valence-electron chi connectivity index (χ4n) is 2.16. The van der Waals surface area contributed by atoms with Gasteiger partial charge in [0.15, 0.2) is 0 Å². The highest BCUT2D eigenvalue weighted by Gasteiger charge is 2.16. The van der Waals surface area contributed by atoms with Crippen molar-refractivity contribution in [2.24, 2.45) is 0 Å². The maximum atomic E-state index is 12.4. The highest BCUT2D eigenvalue weighted by Crippen LogP contribution is 2.21. The van der Waals surface area contributed by atoms with E-state index in [-0.39, 0.29) is 25.6 Å². The molecule has 6 heteroatoms. The van der Waals surface area contributed by atoms with E-state index < -0.39 is 13.0 Å². The molecule has 118 valence electrons. The molecular formula is C15H22F2N2O2. The number of alkyl halides is 2. The van der Waals surface area contributed by atoms with Crippen molar-refractivity contribution in [2.45, 2.75) is 26.7 Å². The first-order valence-corrected chi connectivity index (χ1v) is 6.97. The van der Waals surface area contributed by atoms with Crippen LogP contribution in [0.25, 0.3) is 0 Å². The molecule has 1 aromatic carbocycles. The normalized spacial score (nSPS) is 11.2. The second-order valence-electron chi connectivity index (χ2n) is 4.86. The first kappa shape index (κ1) is 17.5. The Labute approximate surface area is 123 Å². The molecule has 0 aromatic heterocycles. The van der Waals surface area contributed by atoms with E-state index in [1.165, 1.54) is 4.90 Å². The van der Waals surface area contributed by atoms with Crippen LogP contribution in [0.15, 0.2) is 18.2 Å². The Morgan fingerprint density at radius 3 is 2.71 bits per heavy atom. The molecule has 0 spiro atoms. The molecular weight excluding hydrogens is 278 g/mol. The monoisotopic (exact) mass is 300 g/mol. The molecule has 1 aromatic rings. The molecule has 4 nitrogen and oxygen atoms in total. The Morgan fingerprint density at radius 1 is 1.43 bits per heavy atom. The molecule has 0 saturated carbocycles. The Morgan fingerprint density at radius 2 is 2.14 bits per heavy atom. The fraction of sp³-hybridized carbons (Fsp3) is 0.533. The second kappa shape index (κ2) is 8.69. The minimum Gasteiger partial charge on any atom is -0.395 e. The van der Waals surface area contributed by atoms with Crippen LogP contribution in [0.2, 0.25) is 0 Å². The Hall–Kier alpha value is -1.53. The lowest BCUT2D eigenvalue weighted by atomic mass is 10.1. The van der Waals surface area contributed by atoms with Crippen molar-refractivity contribution < 1.29 is 18.7 Å². The molecule has 0 fully saturated rings. The molecule has 0 heterocycles. The summed E-state index contributed by atoms with van der Waals surface area (Å²) in [5, 5.41) is 11.6. The van der Waals surface area contributed by atoms with Crippen LogP contribution in [0.5, 0.6) is 0 Å². The van der Waals surface area contributed by atoms with E-state index in [0.29, 0.717) is 0 Å². The summed E-state index contributed by atoms with van der Waals surface area (Å²) in [6.45, 7) is 2.97. The zero-order chi connectivity index (χ0) is 15.8. The lowest BCUT2D eigenvalue weighted by Gasteiger charge is -2.21. The average Bonchev–Trinajstić information content (AvgIpc) is 2.40. The van der Waals surface area contributed by atoms with Gasteiger partial charge in [-0.3, -0.25) is 9.69 Å². The molecule has 1 amide bonds. The van der Waals surface area contributed by atoms with Crippen molar-refractivity contribution in [1.29, 1.82) is 0 Å². The van der Waals surface area contributed by atoms with Gasteiger partial charge in [-0.2, -0.15) is 0 Å². The highest BCUT2D eigenvalue weighted by molar-refractivity contribution is 5.93. The number of nitrogens with one attached hydrogen (secondary N) is 1. The standard InChI is InChI=1S/C15H22F2N2O2/c1-3-12-6-4-5-11(2)15(12)18-14(21)10-19(7-8-20)9-13(16)17/h4-6,13,20H,3,7-10H2,1-2H3,(H,18,21). The third-order valence-corrected chi connectivity index (χ3v) is 3.18. The molecule has 0 bridgehead atoms. The van der Waals surface area contributed by atoms with E-state index in [1.54, 1.807) is 0 Å². The third-order valence-electron chi connectivity index (χ3n) is 3.18. The minimum atomic E-state index is -2.53. The Balaban J connectivity index is 2.72. The number of hydrogen-bond acceptors (Lipinski definition) is 3. The highest BCUT2D eigenvalue weighted by atomic mass is 19.3. The number of aliphatic hydroxyl groups is 1. The summed E-state index contributed by atoms with van der Waals surface area (Å²) in [5.41, 5.74) is 2.68. The zero-order valence-electron chi connectivity index (χ0n) is 12.4. The van der Waals surface area contributed by atoms with Crippen molar-refractivity contribution in [3.05, 3.63) is 29.3 Å². The van der Waals surface area contributed by atoms with Gasteiger partial charge < -0.3 is 10.4 Å². The molecule has 0 saturated heterocycles. The summed E-state index contributed by atoms with van der Waals surface area (Å²) in [6.07, 6.45) is -1.76. The van der Waals surface area contributed by atoms with Crippen LogP contribution < -0.4 is 5.32 Å². The van der Waals surface area contributed by atoms with Gasteiger partial charge in [0, 0.05) is 12.2 Å². The first-order valence-electron chi connectivity index (χ1n) is 6.97. The van der Waals surface area contributed by atoms with Crippen LogP contribution in [0.4, 0.5) is 14.5 Å². The quantitative estimate of drug-likeness (QED) is 0.772. The molecule has 1 rings (SSSR count). The first-order chi connectivity index (χ1) is 9.97. The van der Waals surface area contributed by atoms with Gasteiger partial charge >= 0.3 is 0 Å². The third kappa shape index (κ3) is 5.77. The van der Waals surface area contributed by atoms with Gasteiger partial charge in [0.1, 0.15) is 0 Å². The van der Waals surface area contributed by atoms with Gasteiger partial charge in [-0.15, -0.1) is 0 Å². The van der Waals surface area contributed by atoms with Crippen LogP contribution in [-0.2, 0) is 11.2 Å². The lowest BCUT2D eigenvalue weighted by molar-refractivity contribution is -0.117. The summed E-state index contributed by atoms with van der Waals surface area (Å²) >= 11 is 0. The summed E-state index contributed by atoms with van der Waals surface area (Å²) in [5.74, 6) is -0.354. The van der Waals surface area contributed by atoms with Crippen LogP contribution in [0.3, 0.4) is 0 Å². The Bertz CT molecular complexity index is 467. The number of benzene rings is 1. The van der Waals surface area contributed by atoms with E-state index in [0.717, 1.165) is 23.2 Å². The zero-order valence-corrected chi connectivity index (χ0v) is 12.4. The van der Waals surface area contributed by atoms with Crippen molar-refractivity contribution in [1.82, 2.24) is 4.90 Å². The van der Waals surface area contributed by atoms with Gasteiger partial charge in [0.25, 0.3) is 6.43 Å². The van der Waals surface area contributed by atoms with Crippen molar-refractivity contribution in [2.75, 3.05) is 31.6 Å². The Kier molecular flexibility index (Phi) is 7.25. The molecule has 0 aliphatic carbocycles. The number of carbonyl (C=O) groups excluding carboxylic acids is 1. The number of nitrogens with zero attached hydrogens (tertiary/aromatic N) is 1. The summed E-state index contributed by atoms with van der Waals surface area (Å²) in [7, 11) is 0. The van der Waals surface area contributed by atoms with Gasteiger partial charge in [-0.1, -0.05) is 25.1 Å². The van der Waals surface area contributed by atoms with E-state index in [9.17, 15) is 13.6 Å². The molecule has 2 N–H and O–H groups in total. The predicted octanol–water partition coefficient (Wildman–Crippen LogP) is 2.06. The van der Waals surface area contributed by atoms with Crippen molar-refractivity contribution in [3.8, 4) is 0 Å². The van der Waals surface area contributed by atoms with Crippen molar-refractivity contribution >= 4 is 11.6 Å². The second-order valence-corrected chi connectivity index (χ2v) is 4.86. The predicted molar refractivity (Wildman–Crippen MR) is 78.7 cm³/mol. The number of rotatable bonds is 8. The van der Waals surface area contributed by atoms with E-state index in [4.69, 9.17) is 5.11 Å². The number of hydrogen-bond donors (Lipinski definition) is 2. The van der Waals surface area contributed by atoms with Crippen LogP contribution in [0.1, 0.15) is 18.1 Å². The number of aliphatic hydroxyl groups excluding tert-OH is 1. The molecule has 0 atom stereocenters. The fourth-order valence-corrected chi connectivity index (χ4v) is 2.16. The molecule has 0 unspecified atom stereocenters. The number of carbonyl (C=O) groups is 1. The van der Waals surface area contributed by atoms with Gasteiger partial charge in [0.05, 0.1) is 19.7 Å². The van der Waals surface area contributed by atoms with E-state index in [2.05, 4.69) is 5.32 Å². The maximum absolute atomic E-state index is 12.4. The smallest absolute Gasteiger partial charge is 0.251 e. The molecule has 0 aliphatic heterocycles. The molecule has 0 aliphatic rings. The number of amides is 1. The van der Waals surface area contributed by atoms with Gasteiger partial charge in [-0.05, 0) is 24.5 Å². The van der Waals surface area contributed by atoms with Gasteiger partial charge in [0.2, 0.25) is 5.91 Å². The average molecular weight is 300 g/mol. The number of halogens is 2. The van der Waals surface area contributed by atoms with Crippen LogP contribution in [-0.4, -0.2) is 48.6 Å². The molecule has 0 radical (unpaired) electrons. The number of anilines is 1. The minimum absolute atomic E-state index is 0.0478. The summed E-state index contributed by atoms with van der Waals surface area (Å²) in [6, 6.07) is 5.73. The molecule has 21 heavy (non-hydrogen) atoms. The van der Waals surface area contributed by atoms with Crippen LogP contribution >= 0.6 is 0 Å². The van der Waals surface area contributed by atoms with E-state index in [1.807, 2.05) is 32.0 Å². The largest absolute Gasteiger partial charge is 0.395 e. The summed E-state index contributed by atoms with van der Waals surface area (Å²) < 4.78 is 24.8. The van der Waals surface area contributed by atoms with E-state index >= 15 is 0 Å².